The molecule has 0 saturated carbocycles. The van der Waals surface area contributed by atoms with Crippen molar-refractivity contribution in [3.05, 3.63) is 0 Å². The standard InChI is InChI=1S/C9H27F3O12Si14.CH4.H2O2Si.O2Si.Y/c1-8(2,3)37(5,7-6-9(10,11)12)36(22)35(21)34(20)33(19)32(18)31(17)30(16)28-23-29(4)38(26-14,27-15)24-25-13;;2*1-3-2;/h13-15,29H,25-28H2,1-5H3;1H4;1,3H;;. The molecule has 257 valence electrons. The second-order valence-corrected chi connectivity index (χ2v) is 83.1. The summed E-state index contributed by atoms with van der Waals surface area (Å²) >= 11 is 0. The number of halogens is 3. The maximum Gasteiger partial charge on any atom is 0.549 e. The molecule has 2 unspecified atom stereocenters. The van der Waals surface area contributed by atoms with Crippen LogP contribution in [0.15, 0.2) is 0 Å². The number of alkyl halides is 3. The van der Waals surface area contributed by atoms with Crippen LogP contribution in [0.2, 0.25) is 18.1 Å². The van der Waals surface area contributed by atoms with Gasteiger partial charge in [0.2, 0.25) is 16.2 Å². The van der Waals surface area contributed by atoms with E-state index in [9.17, 15) is 54.0 Å². The SMILES string of the molecule is C.C[SiH](O[SiH2][Si](=O)[Si](=O)[Si](=O)[Si](=O)[Si](=O)[Si](=O)[Si](=O)[Si](C)(C#CC(F)(F)F)C(C)(C)C)[Si](O[SiH2]O)([SiH2]O)[SiH2]O.O=[SiH]O.O=[Si]=O.[Y]. The van der Waals surface area contributed by atoms with Gasteiger partial charge in [-0.1, -0.05) is 41.3 Å². The minimum Gasteiger partial charge on any atom is -0.541 e. The Balaban J connectivity index is -0.000000645. The van der Waals surface area contributed by atoms with Crippen LogP contribution in [0, 0.1) is 11.5 Å². The number of hydrogen-bond donors (Lipinski definition) is 4. The molecule has 1 radical (unpaired) electrons. The van der Waals surface area contributed by atoms with Crippen LogP contribution in [0.25, 0.3) is 0 Å². The molecule has 36 heteroatoms. The molecule has 0 heterocycles. The fourth-order valence-corrected chi connectivity index (χ4v) is 129. The normalized spacial score (nSPS) is 14.4. The Bertz CT molecular complexity index is 1230. The predicted molar refractivity (Wildman–Crippen MR) is 176 cm³/mol. The van der Waals surface area contributed by atoms with Crippen LogP contribution >= 0.6 is 0 Å². The minimum absolute atomic E-state index is 0. The summed E-state index contributed by atoms with van der Waals surface area (Å²) in [6.45, 7) is 4.11. The molecule has 0 aromatic heterocycles. The summed E-state index contributed by atoms with van der Waals surface area (Å²) < 4.78 is 163. The summed E-state index contributed by atoms with van der Waals surface area (Å²) in [6, 6.07) is 0. The molecule has 4 N–H and O–H groups in total. The van der Waals surface area contributed by atoms with Crippen LogP contribution in [0.1, 0.15) is 28.2 Å². The van der Waals surface area contributed by atoms with Crippen molar-refractivity contribution in [2.24, 2.45) is 0 Å². The summed E-state index contributed by atoms with van der Waals surface area (Å²) in [4.78, 5) is 35.7. The Hall–Kier alpha value is 1.52. The molecule has 0 saturated heterocycles. The monoisotopic (exact) mass is 1000 g/mol. The molecule has 46 heavy (non-hydrogen) atoms. The Morgan fingerprint density at radius 3 is 1.59 bits per heavy atom. The molecule has 0 bridgehead atoms. The molecular formula is C10H33F3O16Si16Y. The van der Waals surface area contributed by atoms with Crippen LogP contribution < -0.4 is 0 Å². The van der Waals surface area contributed by atoms with Gasteiger partial charge in [-0.25, -0.2) is 0 Å². The predicted octanol–water partition coefficient (Wildman–Crippen LogP) is -7.71. The van der Waals surface area contributed by atoms with Gasteiger partial charge in [-0.3, -0.25) is 8.92 Å². The Kier molecular flexibility index (Phi) is 33.7. The van der Waals surface area contributed by atoms with E-state index >= 15 is 0 Å². The number of rotatable bonds is 15. The first-order chi connectivity index (χ1) is 20.0. The Morgan fingerprint density at radius 2 is 1.26 bits per heavy atom. The van der Waals surface area contributed by atoms with Crippen molar-refractivity contribution in [1.82, 2.24) is 0 Å². The molecule has 0 rings (SSSR count). The van der Waals surface area contributed by atoms with Gasteiger partial charge in [-0.2, -0.15) is 13.2 Å². The minimum atomic E-state index is -4.92. The average molecular weight is 1000 g/mol. The maximum atomic E-state index is 13.1. The van der Waals surface area contributed by atoms with Gasteiger partial charge in [0.25, 0.3) is 10.0 Å². The van der Waals surface area contributed by atoms with E-state index in [1.165, 1.54) is 27.3 Å². The molecular weight excluding hydrogens is 971 g/mol. The summed E-state index contributed by atoms with van der Waals surface area (Å²) in [5.41, 5.74) is 1.96. The molecule has 16 nitrogen and oxygen atoms in total. The molecule has 0 aliphatic carbocycles. The van der Waals surface area contributed by atoms with Crippen molar-refractivity contribution in [3.8, 4) is 11.5 Å². The third kappa shape index (κ3) is 19.2. The van der Waals surface area contributed by atoms with Gasteiger partial charge in [-0.15, -0.1) is 5.54 Å². The zero-order chi connectivity index (χ0) is 35.7. The van der Waals surface area contributed by atoms with Gasteiger partial charge in [0.1, 0.15) is 0 Å². The molecule has 0 amide bonds. The molecule has 0 aromatic rings. The smallest absolute Gasteiger partial charge is 0.541 e. The van der Waals surface area contributed by atoms with Crippen molar-refractivity contribution in [2.45, 2.75) is 52.5 Å². The van der Waals surface area contributed by atoms with Crippen LogP contribution in [0.4, 0.5) is 13.2 Å². The topological polar surface area (TPSA) is 270 Å². The van der Waals surface area contributed by atoms with Crippen molar-refractivity contribution >= 4 is 134 Å². The van der Waals surface area contributed by atoms with Gasteiger partial charge in [-0.05, 0) is 5.04 Å². The van der Waals surface area contributed by atoms with E-state index in [0.29, 0.717) is 0 Å². The van der Waals surface area contributed by atoms with Crippen LogP contribution in [0.3, 0.4) is 0 Å². The van der Waals surface area contributed by atoms with Crippen molar-refractivity contribution in [3.63, 3.8) is 0 Å². The Morgan fingerprint density at radius 1 is 0.891 bits per heavy atom. The molecule has 0 aromatic carbocycles. The summed E-state index contributed by atoms with van der Waals surface area (Å²) in [6.07, 6.45) is -4.92. The molecule has 2 atom stereocenters. The van der Waals surface area contributed by atoms with Gasteiger partial charge in [0.05, 0.1) is 0 Å². The molecule has 0 aliphatic rings. The first-order valence-electron chi connectivity index (χ1n) is 11.5. The van der Waals surface area contributed by atoms with Crippen LogP contribution in [0.5, 0.6) is 0 Å². The van der Waals surface area contributed by atoms with Crippen LogP contribution in [-0.4, -0.2) is 159 Å². The quantitative estimate of drug-likeness (QED) is 0.0877. The van der Waals surface area contributed by atoms with E-state index in [1.807, 2.05) is 5.54 Å². The third-order valence-electron chi connectivity index (χ3n) is 5.79. The zero-order valence-electron chi connectivity index (χ0n) is 24.4. The molecule has 0 spiro atoms. The molecule has 0 fully saturated rings. The van der Waals surface area contributed by atoms with Gasteiger partial charge in [0, 0.05) is 38.6 Å². The van der Waals surface area contributed by atoms with E-state index in [0.717, 1.165) is 5.92 Å². The van der Waals surface area contributed by atoms with Crippen molar-refractivity contribution in [2.75, 3.05) is 0 Å². The maximum absolute atomic E-state index is 13.1. The second kappa shape index (κ2) is 27.2. The van der Waals surface area contributed by atoms with E-state index < -0.39 is 145 Å². The first-order valence-corrected chi connectivity index (χ1v) is 48.1. The van der Waals surface area contributed by atoms with Crippen molar-refractivity contribution < 1.29 is 118 Å². The fourth-order valence-electron chi connectivity index (χ4n) is 2.61. The van der Waals surface area contributed by atoms with E-state index in [2.05, 4.69) is 0 Å². The summed E-state index contributed by atoms with van der Waals surface area (Å²) in [5.74, 6) is 1.05. The Labute approximate surface area is 312 Å². The second-order valence-electron chi connectivity index (χ2n) is 9.32. The van der Waals surface area contributed by atoms with E-state index in [-0.39, 0.29) is 40.1 Å². The van der Waals surface area contributed by atoms with Crippen molar-refractivity contribution in [1.29, 1.82) is 0 Å². The van der Waals surface area contributed by atoms with Gasteiger partial charge >= 0.3 is 79.1 Å². The van der Waals surface area contributed by atoms with Crippen LogP contribution in [-0.2, 0) is 85.6 Å². The van der Waals surface area contributed by atoms with E-state index in [1.54, 1.807) is 6.55 Å². The molecule has 0 aliphatic heterocycles. The number of hydrogen-bond acceptors (Lipinski definition) is 15. The zero-order valence-corrected chi connectivity index (χ0v) is 45.2. The van der Waals surface area contributed by atoms with Gasteiger partial charge < -0.3 is 63.1 Å². The largest absolute Gasteiger partial charge is 0.549 e. The third-order valence-corrected chi connectivity index (χ3v) is 115. The summed E-state index contributed by atoms with van der Waals surface area (Å²) in [5, 5.41) is -1.11. The summed E-state index contributed by atoms with van der Waals surface area (Å²) in [7, 11) is -42.8. The first kappa shape index (κ1) is 56.9. The van der Waals surface area contributed by atoms with E-state index in [4.69, 9.17) is 31.2 Å². The average Bonchev–Trinajstić information content (AvgIpc) is 2.94. The fraction of sp³-hybridized carbons (Fsp3) is 0.800. The van der Waals surface area contributed by atoms with Gasteiger partial charge in [0.15, 0.2) is 34.7 Å².